The van der Waals surface area contributed by atoms with Crippen LogP contribution < -0.4 is 0 Å². The number of nitrogens with zero attached hydrogens (tertiary/aromatic N) is 2. The van der Waals surface area contributed by atoms with Gasteiger partial charge in [-0.25, -0.2) is 0 Å². The first-order valence-electron chi connectivity index (χ1n) is 8.32. The van der Waals surface area contributed by atoms with Crippen molar-refractivity contribution in [1.29, 1.82) is 0 Å². The van der Waals surface area contributed by atoms with Crippen molar-refractivity contribution in [3.8, 4) is 5.75 Å². The highest BCUT2D eigenvalue weighted by Gasteiger charge is 2.30. The Morgan fingerprint density at radius 3 is 2.72 bits per heavy atom. The van der Waals surface area contributed by atoms with Crippen LogP contribution in [0.4, 0.5) is 0 Å². The summed E-state index contributed by atoms with van der Waals surface area (Å²) in [5.74, 6) is -0.0414. The summed E-state index contributed by atoms with van der Waals surface area (Å²) in [4.78, 5) is 28.6. The molecule has 1 fully saturated rings. The SMILES string of the molecule is O=C(CC1COCCN1C(=O)Cc1ccc(O)c(Cl)c1)N1CC=CC1. The molecule has 1 aromatic rings. The van der Waals surface area contributed by atoms with E-state index < -0.39 is 0 Å². The van der Waals surface area contributed by atoms with Crippen LogP contribution in [0.3, 0.4) is 0 Å². The Morgan fingerprint density at radius 1 is 1.24 bits per heavy atom. The number of amides is 2. The van der Waals surface area contributed by atoms with Gasteiger partial charge in [-0.15, -0.1) is 0 Å². The molecule has 2 aliphatic heterocycles. The lowest BCUT2D eigenvalue weighted by Gasteiger charge is -2.36. The van der Waals surface area contributed by atoms with Gasteiger partial charge in [-0.1, -0.05) is 29.8 Å². The number of phenols is 1. The first kappa shape index (κ1) is 17.8. The van der Waals surface area contributed by atoms with E-state index >= 15 is 0 Å². The van der Waals surface area contributed by atoms with Crippen LogP contribution in [0.5, 0.6) is 5.75 Å². The van der Waals surface area contributed by atoms with Crippen molar-refractivity contribution < 1.29 is 19.4 Å². The first-order chi connectivity index (χ1) is 12.0. The number of morpholine rings is 1. The van der Waals surface area contributed by atoms with Crippen molar-refractivity contribution in [1.82, 2.24) is 9.80 Å². The molecule has 0 aliphatic carbocycles. The minimum atomic E-state index is -0.248. The Kier molecular flexibility index (Phi) is 5.60. The van der Waals surface area contributed by atoms with Crippen LogP contribution in [0.1, 0.15) is 12.0 Å². The van der Waals surface area contributed by atoms with E-state index in [0.29, 0.717) is 32.8 Å². The molecular formula is C18H21ClN2O4. The minimum absolute atomic E-state index is 0.00747. The highest BCUT2D eigenvalue weighted by molar-refractivity contribution is 6.32. The Hall–Kier alpha value is -2.05. The fraction of sp³-hybridized carbons (Fsp3) is 0.444. The molecule has 1 saturated heterocycles. The average Bonchev–Trinajstić information content (AvgIpc) is 3.13. The van der Waals surface area contributed by atoms with Gasteiger partial charge in [-0.3, -0.25) is 9.59 Å². The molecule has 1 atom stereocenters. The van der Waals surface area contributed by atoms with E-state index in [4.69, 9.17) is 16.3 Å². The highest BCUT2D eigenvalue weighted by Crippen LogP contribution is 2.24. The lowest BCUT2D eigenvalue weighted by Crippen LogP contribution is -2.51. The fourth-order valence-electron chi connectivity index (χ4n) is 3.10. The number of rotatable bonds is 4. The second kappa shape index (κ2) is 7.89. The van der Waals surface area contributed by atoms with Gasteiger partial charge in [-0.2, -0.15) is 0 Å². The van der Waals surface area contributed by atoms with Gasteiger partial charge in [0.15, 0.2) is 0 Å². The zero-order valence-electron chi connectivity index (χ0n) is 13.9. The summed E-state index contributed by atoms with van der Waals surface area (Å²) in [6, 6.07) is 4.49. The molecule has 2 amide bonds. The van der Waals surface area contributed by atoms with Crippen LogP contribution in [0, 0.1) is 0 Å². The summed E-state index contributed by atoms with van der Waals surface area (Å²) in [7, 11) is 0. The van der Waals surface area contributed by atoms with Crippen molar-refractivity contribution in [2.75, 3.05) is 32.8 Å². The van der Waals surface area contributed by atoms with Crippen molar-refractivity contribution in [3.63, 3.8) is 0 Å². The fourth-order valence-corrected chi connectivity index (χ4v) is 3.30. The van der Waals surface area contributed by atoms with Crippen LogP contribution in [-0.2, 0) is 20.7 Å². The molecule has 1 unspecified atom stereocenters. The molecule has 0 aromatic heterocycles. The van der Waals surface area contributed by atoms with Crippen LogP contribution in [-0.4, -0.2) is 65.6 Å². The maximum Gasteiger partial charge on any atom is 0.227 e. The van der Waals surface area contributed by atoms with Crippen LogP contribution in [0.2, 0.25) is 5.02 Å². The van der Waals surface area contributed by atoms with Crippen molar-refractivity contribution in [3.05, 3.63) is 40.9 Å². The summed E-state index contributed by atoms with van der Waals surface area (Å²) in [6.07, 6.45) is 4.37. The number of carbonyl (C=O) groups is 2. The predicted octanol–water partition coefficient (Wildman–Crippen LogP) is 1.60. The third kappa shape index (κ3) is 4.32. The largest absolute Gasteiger partial charge is 0.506 e. The maximum absolute atomic E-state index is 12.7. The van der Waals surface area contributed by atoms with Crippen molar-refractivity contribution in [2.45, 2.75) is 18.9 Å². The smallest absolute Gasteiger partial charge is 0.227 e. The van der Waals surface area contributed by atoms with E-state index in [1.165, 1.54) is 6.07 Å². The van der Waals surface area contributed by atoms with Gasteiger partial charge < -0.3 is 19.6 Å². The molecule has 0 spiro atoms. The van der Waals surface area contributed by atoms with Crippen molar-refractivity contribution >= 4 is 23.4 Å². The van der Waals surface area contributed by atoms with Crippen molar-refractivity contribution in [2.24, 2.45) is 0 Å². The average molecular weight is 365 g/mol. The number of halogens is 1. The van der Waals surface area contributed by atoms with E-state index in [-0.39, 0.29) is 41.5 Å². The van der Waals surface area contributed by atoms with Gasteiger partial charge in [0, 0.05) is 26.1 Å². The number of benzene rings is 1. The summed E-state index contributed by atoms with van der Waals surface area (Å²) >= 11 is 5.90. The molecule has 1 aromatic carbocycles. The second-order valence-electron chi connectivity index (χ2n) is 6.25. The molecule has 2 heterocycles. The summed E-state index contributed by atoms with van der Waals surface area (Å²) in [5.41, 5.74) is 0.730. The molecule has 3 rings (SSSR count). The molecule has 1 N–H and O–H groups in total. The van der Waals surface area contributed by atoms with Gasteiger partial charge >= 0.3 is 0 Å². The Bertz CT molecular complexity index is 684. The lowest BCUT2D eigenvalue weighted by molar-refractivity contribution is -0.142. The van der Waals surface area contributed by atoms with Gasteiger partial charge in [0.2, 0.25) is 11.8 Å². The van der Waals surface area contributed by atoms with E-state index in [9.17, 15) is 14.7 Å². The molecular weight excluding hydrogens is 344 g/mol. The van der Waals surface area contributed by atoms with E-state index in [1.54, 1.807) is 21.9 Å². The standard InChI is InChI=1S/C18H21ClN2O4/c19-15-9-13(3-4-16(15)22)10-18(24)21-7-8-25-12-14(21)11-17(23)20-5-1-2-6-20/h1-4,9,14,22H,5-8,10-12H2. The number of aromatic hydroxyl groups is 1. The monoisotopic (exact) mass is 364 g/mol. The lowest BCUT2D eigenvalue weighted by atomic mass is 10.1. The van der Waals surface area contributed by atoms with E-state index in [1.807, 2.05) is 12.2 Å². The van der Waals surface area contributed by atoms with E-state index in [2.05, 4.69) is 0 Å². The molecule has 0 bridgehead atoms. The maximum atomic E-state index is 12.7. The number of ether oxygens (including phenoxy) is 1. The molecule has 0 saturated carbocycles. The quantitative estimate of drug-likeness (QED) is 0.824. The van der Waals surface area contributed by atoms with Crippen LogP contribution in [0.25, 0.3) is 0 Å². The highest BCUT2D eigenvalue weighted by atomic mass is 35.5. The molecule has 0 radical (unpaired) electrons. The Labute approximate surface area is 151 Å². The molecule has 134 valence electrons. The molecule has 2 aliphatic rings. The first-order valence-corrected chi connectivity index (χ1v) is 8.70. The molecule has 6 nitrogen and oxygen atoms in total. The number of carbonyl (C=O) groups excluding carboxylic acids is 2. The summed E-state index contributed by atoms with van der Waals surface area (Å²) in [6.45, 7) is 2.58. The number of hydrogen-bond donors (Lipinski definition) is 1. The van der Waals surface area contributed by atoms with Crippen LogP contribution >= 0.6 is 11.6 Å². The number of hydrogen-bond acceptors (Lipinski definition) is 4. The summed E-state index contributed by atoms with van der Waals surface area (Å²) < 4.78 is 5.48. The zero-order chi connectivity index (χ0) is 17.8. The van der Waals surface area contributed by atoms with Gasteiger partial charge in [-0.05, 0) is 17.7 Å². The second-order valence-corrected chi connectivity index (χ2v) is 6.66. The van der Waals surface area contributed by atoms with Gasteiger partial charge in [0.05, 0.1) is 30.7 Å². The summed E-state index contributed by atoms with van der Waals surface area (Å²) in [5, 5.41) is 9.70. The Balaban J connectivity index is 1.63. The normalized spacial score (nSPS) is 20.1. The zero-order valence-corrected chi connectivity index (χ0v) is 14.6. The number of phenolic OH excluding ortho intramolecular Hbond substituents is 1. The molecule has 25 heavy (non-hydrogen) atoms. The van der Waals surface area contributed by atoms with E-state index in [0.717, 1.165) is 5.56 Å². The van der Waals surface area contributed by atoms with Gasteiger partial charge in [0.1, 0.15) is 5.75 Å². The topological polar surface area (TPSA) is 70.1 Å². The third-order valence-electron chi connectivity index (χ3n) is 4.50. The Morgan fingerprint density at radius 2 is 2.00 bits per heavy atom. The van der Waals surface area contributed by atoms with Crippen LogP contribution in [0.15, 0.2) is 30.4 Å². The third-order valence-corrected chi connectivity index (χ3v) is 4.80. The molecule has 7 heteroatoms. The van der Waals surface area contributed by atoms with Gasteiger partial charge in [0.25, 0.3) is 0 Å². The predicted molar refractivity (Wildman–Crippen MR) is 93.5 cm³/mol. The minimum Gasteiger partial charge on any atom is -0.506 e.